The summed E-state index contributed by atoms with van der Waals surface area (Å²) < 4.78 is 0. The summed E-state index contributed by atoms with van der Waals surface area (Å²) in [6.07, 6.45) is 2.74. The Morgan fingerprint density at radius 1 is 1.32 bits per heavy atom. The van der Waals surface area contributed by atoms with Gasteiger partial charge in [-0.2, -0.15) is 10.4 Å². The summed E-state index contributed by atoms with van der Waals surface area (Å²) in [6.45, 7) is 4.18. The van der Waals surface area contributed by atoms with Crippen LogP contribution < -0.4 is 0 Å². The van der Waals surface area contributed by atoms with E-state index in [1.54, 1.807) is 0 Å². The van der Waals surface area contributed by atoms with E-state index in [4.69, 9.17) is 5.26 Å². The van der Waals surface area contributed by atoms with Gasteiger partial charge in [-0.25, -0.2) is 4.98 Å². The standard InChI is InChI=1S/C17H21N5/c1-13(7-10-18)22-11-8-15(9-12-22)17-19-16(20-21-17)14-5-3-2-4-6-14/h2-6,13,15H,7-9,11-12H2,1H3,(H,19,20,21)/t13-/m0/s1. The normalized spacial score (nSPS) is 18.0. The van der Waals surface area contributed by atoms with Gasteiger partial charge in [0.05, 0.1) is 12.5 Å². The van der Waals surface area contributed by atoms with Gasteiger partial charge in [-0.15, -0.1) is 0 Å². The third kappa shape index (κ3) is 3.18. The average Bonchev–Trinajstić information content (AvgIpc) is 3.06. The fourth-order valence-electron chi connectivity index (χ4n) is 3.05. The van der Waals surface area contributed by atoms with Crippen molar-refractivity contribution in [1.29, 1.82) is 5.26 Å². The molecular weight excluding hydrogens is 274 g/mol. The molecule has 1 aromatic carbocycles. The van der Waals surface area contributed by atoms with Gasteiger partial charge >= 0.3 is 0 Å². The van der Waals surface area contributed by atoms with Gasteiger partial charge < -0.3 is 0 Å². The second-order valence-corrected chi connectivity index (χ2v) is 5.93. The fraction of sp³-hybridized carbons (Fsp3) is 0.471. The van der Waals surface area contributed by atoms with Crippen LogP contribution in [0.5, 0.6) is 0 Å². The molecule has 22 heavy (non-hydrogen) atoms. The van der Waals surface area contributed by atoms with Gasteiger partial charge in [0.25, 0.3) is 0 Å². The third-order valence-electron chi connectivity index (χ3n) is 4.46. The van der Waals surface area contributed by atoms with E-state index in [0.29, 0.717) is 18.4 Å². The topological polar surface area (TPSA) is 68.6 Å². The quantitative estimate of drug-likeness (QED) is 0.941. The third-order valence-corrected chi connectivity index (χ3v) is 4.46. The van der Waals surface area contributed by atoms with Gasteiger partial charge in [0.2, 0.25) is 0 Å². The van der Waals surface area contributed by atoms with Crippen molar-refractivity contribution in [2.24, 2.45) is 0 Å². The first-order chi connectivity index (χ1) is 10.8. The summed E-state index contributed by atoms with van der Waals surface area (Å²) in [7, 11) is 0. The Hall–Kier alpha value is -2.19. The van der Waals surface area contributed by atoms with Crippen LogP contribution in [0.4, 0.5) is 0 Å². The number of rotatable bonds is 4. The molecule has 114 valence electrons. The summed E-state index contributed by atoms with van der Waals surface area (Å²) >= 11 is 0. The first kappa shape index (κ1) is 14.7. The first-order valence-electron chi connectivity index (χ1n) is 7.86. The Bertz CT molecular complexity index is 635. The number of nitriles is 1. The molecule has 3 rings (SSSR count). The van der Waals surface area contributed by atoms with E-state index < -0.39 is 0 Å². The van der Waals surface area contributed by atoms with Crippen molar-refractivity contribution in [3.63, 3.8) is 0 Å². The van der Waals surface area contributed by atoms with Crippen molar-refractivity contribution >= 4 is 0 Å². The molecule has 0 radical (unpaired) electrons. The van der Waals surface area contributed by atoms with E-state index >= 15 is 0 Å². The molecule has 2 heterocycles. The molecule has 1 atom stereocenters. The van der Waals surface area contributed by atoms with Crippen molar-refractivity contribution in [2.45, 2.75) is 38.1 Å². The Balaban J connectivity index is 1.63. The largest absolute Gasteiger partial charge is 0.300 e. The van der Waals surface area contributed by atoms with Gasteiger partial charge in [0.15, 0.2) is 5.82 Å². The molecule has 1 fully saturated rings. The highest BCUT2D eigenvalue weighted by atomic mass is 15.2. The predicted octanol–water partition coefficient (Wildman–Crippen LogP) is 2.95. The van der Waals surface area contributed by atoms with Crippen LogP contribution in [-0.2, 0) is 0 Å². The molecule has 1 aromatic heterocycles. The van der Waals surface area contributed by atoms with Crippen LogP contribution >= 0.6 is 0 Å². The Labute approximate surface area is 131 Å². The number of likely N-dealkylation sites (tertiary alicyclic amines) is 1. The minimum Gasteiger partial charge on any atom is -0.300 e. The average molecular weight is 295 g/mol. The molecule has 1 N–H and O–H groups in total. The van der Waals surface area contributed by atoms with Crippen LogP contribution in [0.2, 0.25) is 0 Å². The second-order valence-electron chi connectivity index (χ2n) is 5.93. The zero-order valence-electron chi connectivity index (χ0n) is 12.9. The molecule has 5 heteroatoms. The molecule has 2 aromatic rings. The summed E-state index contributed by atoms with van der Waals surface area (Å²) in [5.74, 6) is 2.21. The van der Waals surface area contributed by atoms with Crippen molar-refractivity contribution in [3.05, 3.63) is 36.2 Å². The molecular formula is C17H21N5. The van der Waals surface area contributed by atoms with Gasteiger partial charge in [-0.3, -0.25) is 10.00 Å². The maximum Gasteiger partial charge on any atom is 0.181 e. The van der Waals surface area contributed by atoms with Crippen LogP contribution in [0.1, 0.15) is 37.9 Å². The summed E-state index contributed by atoms with van der Waals surface area (Å²) in [4.78, 5) is 7.07. The molecule has 5 nitrogen and oxygen atoms in total. The zero-order valence-corrected chi connectivity index (χ0v) is 12.9. The van der Waals surface area contributed by atoms with Crippen LogP contribution in [0.25, 0.3) is 11.4 Å². The lowest BCUT2D eigenvalue weighted by Crippen LogP contribution is -2.39. The highest BCUT2D eigenvalue weighted by molar-refractivity contribution is 5.53. The Kier molecular flexibility index (Phi) is 4.50. The monoisotopic (exact) mass is 295 g/mol. The second kappa shape index (κ2) is 6.71. The minimum atomic E-state index is 0.348. The highest BCUT2D eigenvalue weighted by Crippen LogP contribution is 2.28. The van der Waals surface area contributed by atoms with Crippen molar-refractivity contribution in [3.8, 4) is 17.5 Å². The lowest BCUT2D eigenvalue weighted by atomic mass is 9.95. The van der Waals surface area contributed by atoms with Crippen molar-refractivity contribution in [1.82, 2.24) is 20.1 Å². The van der Waals surface area contributed by atoms with Gasteiger partial charge in [0, 0.05) is 17.5 Å². The molecule has 0 saturated carbocycles. The van der Waals surface area contributed by atoms with Gasteiger partial charge in [0.1, 0.15) is 5.82 Å². The lowest BCUT2D eigenvalue weighted by Gasteiger charge is -2.34. The SMILES string of the molecule is C[C@@H](CC#N)N1CCC(c2nc(-c3ccccc3)n[nH]2)CC1. The van der Waals surface area contributed by atoms with E-state index in [9.17, 15) is 0 Å². The van der Waals surface area contributed by atoms with E-state index in [1.807, 2.05) is 30.3 Å². The fourth-order valence-corrected chi connectivity index (χ4v) is 3.05. The smallest absolute Gasteiger partial charge is 0.181 e. The van der Waals surface area contributed by atoms with Gasteiger partial charge in [-0.05, 0) is 32.9 Å². The molecule has 0 bridgehead atoms. The number of hydrogen-bond donors (Lipinski definition) is 1. The summed E-state index contributed by atoms with van der Waals surface area (Å²) in [5, 5.41) is 16.3. The zero-order chi connectivity index (χ0) is 15.4. The van der Waals surface area contributed by atoms with Crippen LogP contribution in [0.3, 0.4) is 0 Å². The Morgan fingerprint density at radius 3 is 2.73 bits per heavy atom. The molecule has 0 aliphatic carbocycles. The molecule has 0 unspecified atom stereocenters. The maximum absolute atomic E-state index is 8.81. The highest BCUT2D eigenvalue weighted by Gasteiger charge is 2.25. The van der Waals surface area contributed by atoms with Crippen LogP contribution in [-0.4, -0.2) is 39.2 Å². The molecule has 1 aliphatic heterocycles. The van der Waals surface area contributed by atoms with E-state index in [1.165, 1.54) is 0 Å². The van der Waals surface area contributed by atoms with E-state index in [2.05, 4.69) is 33.1 Å². The van der Waals surface area contributed by atoms with Gasteiger partial charge in [-0.1, -0.05) is 30.3 Å². The number of hydrogen-bond acceptors (Lipinski definition) is 4. The molecule has 0 spiro atoms. The lowest BCUT2D eigenvalue weighted by molar-refractivity contribution is 0.161. The Morgan fingerprint density at radius 2 is 2.05 bits per heavy atom. The van der Waals surface area contributed by atoms with Crippen molar-refractivity contribution < 1.29 is 0 Å². The summed E-state index contributed by atoms with van der Waals surface area (Å²) in [6, 6.07) is 12.7. The van der Waals surface area contributed by atoms with Crippen LogP contribution in [0, 0.1) is 11.3 Å². The number of piperidine rings is 1. The molecule has 0 amide bonds. The number of H-pyrrole nitrogens is 1. The summed E-state index contributed by atoms with van der Waals surface area (Å²) in [5.41, 5.74) is 1.05. The predicted molar refractivity (Wildman–Crippen MR) is 85.1 cm³/mol. The maximum atomic E-state index is 8.81. The van der Waals surface area contributed by atoms with E-state index in [-0.39, 0.29) is 0 Å². The van der Waals surface area contributed by atoms with Crippen LogP contribution in [0.15, 0.2) is 30.3 Å². The number of nitrogens with zero attached hydrogens (tertiary/aromatic N) is 4. The molecule has 1 aliphatic rings. The number of benzene rings is 1. The van der Waals surface area contributed by atoms with Crippen molar-refractivity contribution in [2.75, 3.05) is 13.1 Å². The molecule has 1 saturated heterocycles. The number of nitrogens with one attached hydrogen (secondary N) is 1. The number of aromatic nitrogens is 3. The minimum absolute atomic E-state index is 0.348. The number of aromatic amines is 1. The first-order valence-corrected chi connectivity index (χ1v) is 7.86. The van der Waals surface area contributed by atoms with E-state index in [0.717, 1.165) is 43.1 Å².